The van der Waals surface area contributed by atoms with Gasteiger partial charge in [-0.15, -0.1) is 5.10 Å². The molecule has 3 aromatic carbocycles. The summed E-state index contributed by atoms with van der Waals surface area (Å²) in [5.41, 5.74) is 11.7. The normalized spacial score (nSPS) is 10.6. The van der Waals surface area contributed by atoms with Gasteiger partial charge in [0.05, 0.1) is 24.1 Å². The Morgan fingerprint density at radius 1 is 0.846 bits per heavy atom. The molecule has 0 spiro atoms. The van der Waals surface area contributed by atoms with Gasteiger partial charge >= 0.3 is 6.03 Å². The van der Waals surface area contributed by atoms with Gasteiger partial charge in [0.25, 0.3) is 5.91 Å². The largest absolute Gasteiger partial charge is 0.397 e. The van der Waals surface area contributed by atoms with Crippen LogP contribution in [-0.2, 0) is 13.1 Å². The third-order valence-corrected chi connectivity index (χ3v) is 5.92. The number of nitrogens with one attached hydrogen (secondary N) is 3. The lowest BCUT2D eigenvalue weighted by Crippen LogP contribution is -2.28. The Labute approximate surface area is 224 Å². The Morgan fingerprint density at radius 3 is 2.38 bits per heavy atom. The lowest BCUT2D eigenvalue weighted by atomic mass is 10.1. The van der Waals surface area contributed by atoms with Crippen LogP contribution in [0.4, 0.5) is 21.9 Å². The SMILES string of the molecule is Nc1ccccc1NC(=O)c1ccc(Cn2cc(-c3ccc(NC(=O)NCc4cccnc4)cc3)nn2)cc1. The Hall–Kier alpha value is -5.51. The highest BCUT2D eigenvalue weighted by Crippen LogP contribution is 2.20. The molecule has 0 saturated heterocycles. The van der Waals surface area contributed by atoms with Gasteiger partial charge in [-0.05, 0) is 53.6 Å². The fourth-order valence-electron chi connectivity index (χ4n) is 3.85. The van der Waals surface area contributed by atoms with E-state index >= 15 is 0 Å². The quantitative estimate of drug-likeness (QED) is 0.222. The van der Waals surface area contributed by atoms with Gasteiger partial charge in [0.15, 0.2) is 0 Å². The van der Waals surface area contributed by atoms with Crippen molar-refractivity contribution in [2.45, 2.75) is 13.1 Å². The van der Waals surface area contributed by atoms with E-state index < -0.39 is 0 Å². The molecule has 5 rings (SSSR count). The van der Waals surface area contributed by atoms with Crippen LogP contribution < -0.4 is 21.7 Å². The highest BCUT2D eigenvalue weighted by molar-refractivity contribution is 6.05. The number of aromatic nitrogens is 4. The van der Waals surface area contributed by atoms with Gasteiger partial charge in [-0.25, -0.2) is 9.48 Å². The standard InChI is InChI=1S/C29H26N8O2/c30-25-5-1-2-6-26(25)34-28(38)23-9-7-20(8-10-23)18-37-19-27(35-36-37)22-11-13-24(14-12-22)33-29(39)32-17-21-4-3-15-31-16-21/h1-16,19H,17-18,30H2,(H,34,38)(H2,32,33,39). The molecule has 0 aliphatic heterocycles. The molecule has 0 atom stereocenters. The smallest absolute Gasteiger partial charge is 0.319 e. The van der Waals surface area contributed by atoms with Crippen LogP contribution in [0.3, 0.4) is 0 Å². The van der Waals surface area contributed by atoms with Crippen LogP contribution in [0.15, 0.2) is 104 Å². The van der Waals surface area contributed by atoms with Crippen molar-refractivity contribution in [2.24, 2.45) is 0 Å². The number of nitrogens with two attached hydrogens (primary N) is 1. The number of benzene rings is 3. The van der Waals surface area contributed by atoms with E-state index in [0.717, 1.165) is 16.7 Å². The Kier molecular flexibility index (Phi) is 7.54. The van der Waals surface area contributed by atoms with Gasteiger partial charge in [-0.2, -0.15) is 0 Å². The van der Waals surface area contributed by atoms with Crippen LogP contribution in [-0.4, -0.2) is 31.9 Å². The number of nitrogens with zero attached hydrogens (tertiary/aromatic N) is 4. The summed E-state index contributed by atoms with van der Waals surface area (Å²) in [4.78, 5) is 28.8. The number of carbonyl (C=O) groups excluding carboxylic acids is 2. The molecule has 10 heteroatoms. The van der Waals surface area contributed by atoms with E-state index in [1.165, 1.54) is 0 Å². The number of amides is 3. The molecule has 0 aliphatic rings. The summed E-state index contributed by atoms with van der Waals surface area (Å²) in [5.74, 6) is -0.230. The van der Waals surface area contributed by atoms with Gasteiger partial charge in [-0.1, -0.05) is 47.7 Å². The number of hydrogen-bond donors (Lipinski definition) is 4. The number of para-hydroxylation sites is 2. The van der Waals surface area contributed by atoms with Crippen molar-refractivity contribution in [1.82, 2.24) is 25.3 Å². The molecule has 0 radical (unpaired) electrons. The van der Waals surface area contributed by atoms with Crippen molar-refractivity contribution in [2.75, 3.05) is 16.4 Å². The predicted molar refractivity (Wildman–Crippen MR) is 150 cm³/mol. The molecule has 0 bridgehead atoms. The fourth-order valence-corrected chi connectivity index (χ4v) is 3.85. The van der Waals surface area contributed by atoms with Crippen molar-refractivity contribution in [3.8, 4) is 11.3 Å². The molecule has 39 heavy (non-hydrogen) atoms. The molecule has 10 nitrogen and oxygen atoms in total. The van der Waals surface area contributed by atoms with Gasteiger partial charge in [0.1, 0.15) is 5.69 Å². The first kappa shape index (κ1) is 25.2. The molecule has 3 amide bonds. The third kappa shape index (κ3) is 6.63. The topological polar surface area (TPSA) is 140 Å². The lowest BCUT2D eigenvalue weighted by Gasteiger charge is -2.08. The number of nitrogen functional groups attached to an aromatic ring is 1. The van der Waals surface area contributed by atoms with E-state index in [-0.39, 0.29) is 11.9 Å². The maximum absolute atomic E-state index is 12.5. The highest BCUT2D eigenvalue weighted by Gasteiger charge is 2.10. The predicted octanol–water partition coefficient (Wildman–Crippen LogP) is 4.54. The Bertz CT molecular complexity index is 1570. The summed E-state index contributed by atoms with van der Waals surface area (Å²) in [7, 11) is 0. The van der Waals surface area contributed by atoms with E-state index in [0.29, 0.717) is 41.4 Å². The second kappa shape index (κ2) is 11.7. The first-order valence-corrected chi connectivity index (χ1v) is 12.2. The second-order valence-corrected chi connectivity index (χ2v) is 8.79. The van der Waals surface area contributed by atoms with Crippen LogP contribution in [0.25, 0.3) is 11.3 Å². The highest BCUT2D eigenvalue weighted by atomic mass is 16.2. The van der Waals surface area contributed by atoms with E-state index in [1.807, 2.05) is 66.9 Å². The number of rotatable bonds is 8. The van der Waals surface area contributed by atoms with Crippen molar-refractivity contribution < 1.29 is 9.59 Å². The first-order valence-electron chi connectivity index (χ1n) is 12.2. The fraction of sp³-hybridized carbons (Fsp3) is 0.0690. The van der Waals surface area contributed by atoms with E-state index in [1.54, 1.807) is 41.3 Å². The summed E-state index contributed by atoms with van der Waals surface area (Å²) in [5, 5.41) is 16.9. The Balaban J connectivity index is 1.14. The molecular formula is C29H26N8O2. The molecule has 0 aliphatic carbocycles. The minimum absolute atomic E-state index is 0.230. The first-order chi connectivity index (χ1) is 19.0. The molecule has 5 N–H and O–H groups in total. The minimum Gasteiger partial charge on any atom is -0.397 e. The average molecular weight is 519 g/mol. The van der Waals surface area contributed by atoms with Gasteiger partial charge in [-0.3, -0.25) is 9.78 Å². The molecule has 2 aromatic heterocycles. The van der Waals surface area contributed by atoms with Crippen molar-refractivity contribution >= 4 is 29.0 Å². The number of hydrogen-bond acceptors (Lipinski definition) is 6. The molecule has 0 fully saturated rings. The molecule has 5 aromatic rings. The summed E-state index contributed by atoms with van der Waals surface area (Å²) in [6.07, 6.45) is 5.25. The van der Waals surface area contributed by atoms with E-state index in [4.69, 9.17) is 5.73 Å². The maximum atomic E-state index is 12.5. The van der Waals surface area contributed by atoms with Crippen LogP contribution in [0.1, 0.15) is 21.5 Å². The maximum Gasteiger partial charge on any atom is 0.319 e. The number of anilines is 3. The summed E-state index contributed by atoms with van der Waals surface area (Å²) in [6, 6.07) is 25.2. The zero-order valence-electron chi connectivity index (χ0n) is 20.9. The van der Waals surface area contributed by atoms with Crippen LogP contribution in [0, 0.1) is 0 Å². The molecule has 0 unspecified atom stereocenters. The minimum atomic E-state index is -0.301. The lowest BCUT2D eigenvalue weighted by molar-refractivity contribution is 0.102. The third-order valence-electron chi connectivity index (χ3n) is 5.92. The van der Waals surface area contributed by atoms with Crippen molar-refractivity contribution in [3.05, 3.63) is 120 Å². The van der Waals surface area contributed by atoms with Gasteiger partial charge < -0.3 is 21.7 Å². The van der Waals surface area contributed by atoms with Crippen LogP contribution in [0.2, 0.25) is 0 Å². The van der Waals surface area contributed by atoms with Gasteiger partial charge in [0, 0.05) is 35.8 Å². The summed E-state index contributed by atoms with van der Waals surface area (Å²) >= 11 is 0. The zero-order valence-corrected chi connectivity index (χ0v) is 20.9. The zero-order chi connectivity index (χ0) is 27.0. The summed E-state index contributed by atoms with van der Waals surface area (Å²) < 4.78 is 1.73. The Morgan fingerprint density at radius 2 is 1.64 bits per heavy atom. The van der Waals surface area contributed by atoms with Crippen molar-refractivity contribution in [1.29, 1.82) is 0 Å². The van der Waals surface area contributed by atoms with Crippen LogP contribution in [0.5, 0.6) is 0 Å². The second-order valence-electron chi connectivity index (χ2n) is 8.79. The molecule has 2 heterocycles. The molecular weight excluding hydrogens is 492 g/mol. The van der Waals surface area contributed by atoms with E-state index in [2.05, 4.69) is 31.2 Å². The number of pyridine rings is 1. The molecule has 194 valence electrons. The molecule has 0 saturated carbocycles. The summed E-state index contributed by atoms with van der Waals surface area (Å²) in [6.45, 7) is 0.886. The monoisotopic (exact) mass is 518 g/mol. The average Bonchev–Trinajstić information content (AvgIpc) is 3.43. The van der Waals surface area contributed by atoms with E-state index in [9.17, 15) is 9.59 Å². The van der Waals surface area contributed by atoms with Crippen molar-refractivity contribution in [3.63, 3.8) is 0 Å². The van der Waals surface area contributed by atoms with Crippen LogP contribution >= 0.6 is 0 Å². The number of carbonyl (C=O) groups is 2. The number of urea groups is 1. The van der Waals surface area contributed by atoms with Gasteiger partial charge in [0.2, 0.25) is 0 Å².